The second-order valence-corrected chi connectivity index (χ2v) is 13.4. The number of carbonyl (C=O) groups is 1. The molecule has 4 aliphatic rings. The van der Waals surface area contributed by atoms with Gasteiger partial charge in [0.2, 0.25) is 0 Å². The molecule has 0 amide bonds. The zero-order valence-electron chi connectivity index (χ0n) is 22.3. The highest BCUT2D eigenvalue weighted by Crippen LogP contribution is 2.69. The first kappa shape index (κ1) is 28.1. The lowest BCUT2D eigenvalue weighted by Crippen LogP contribution is -2.69. The van der Waals surface area contributed by atoms with Crippen LogP contribution in [0.3, 0.4) is 0 Å². The number of hydrogen-bond acceptors (Lipinski definition) is 8. The highest BCUT2D eigenvalue weighted by atomic mass is 16.3. The van der Waals surface area contributed by atoms with E-state index in [-0.39, 0.29) is 37.2 Å². The van der Waals surface area contributed by atoms with Gasteiger partial charge in [0.15, 0.2) is 5.78 Å². The lowest BCUT2D eigenvalue weighted by molar-refractivity contribution is -0.211. The maximum atomic E-state index is 13.4. The Labute approximate surface area is 214 Å². The normalized spacial score (nSPS) is 48.7. The minimum absolute atomic E-state index is 0.00264. The van der Waals surface area contributed by atoms with Crippen molar-refractivity contribution >= 4 is 5.78 Å². The van der Waals surface area contributed by atoms with Gasteiger partial charge in [-0.05, 0) is 80.8 Å². The molecular weight excluding hydrogens is 464 g/mol. The van der Waals surface area contributed by atoms with Crippen LogP contribution in [0.4, 0.5) is 0 Å². The molecule has 8 heteroatoms. The predicted molar refractivity (Wildman–Crippen MR) is 133 cm³/mol. The van der Waals surface area contributed by atoms with Crippen molar-refractivity contribution in [2.24, 2.45) is 34.5 Å². The molecule has 0 bridgehead atoms. The van der Waals surface area contributed by atoms with Crippen molar-refractivity contribution in [1.82, 2.24) is 0 Å². The summed E-state index contributed by atoms with van der Waals surface area (Å²) >= 11 is 0. The highest BCUT2D eigenvalue weighted by Gasteiger charge is 2.71. The molecule has 206 valence electrons. The Morgan fingerprint density at radius 1 is 1.00 bits per heavy atom. The molecule has 12 atom stereocenters. The van der Waals surface area contributed by atoms with Crippen LogP contribution >= 0.6 is 0 Å². The first-order valence-corrected chi connectivity index (χ1v) is 13.6. The van der Waals surface area contributed by atoms with E-state index >= 15 is 0 Å². The number of rotatable bonds is 6. The van der Waals surface area contributed by atoms with Crippen LogP contribution in [0.5, 0.6) is 0 Å². The van der Waals surface area contributed by atoms with Gasteiger partial charge in [-0.25, -0.2) is 0 Å². The second-order valence-electron chi connectivity index (χ2n) is 13.4. The summed E-state index contributed by atoms with van der Waals surface area (Å²) in [6.07, 6.45) is 0.00361. The van der Waals surface area contributed by atoms with Crippen LogP contribution in [0.25, 0.3) is 0 Å². The molecule has 0 aromatic heterocycles. The molecule has 0 spiro atoms. The monoisotopic (exact) mass is 510 g/mol. The first-order valence-electron chi connectivity index (χ1n) is 13.6. The maximum Gasteiger partial charge on any atom is 0.187 e. The fraction of sp³-hybridized carbons (Fsp3) is 0.893. The summed E-state index contributed by atoms with van der Waals surface area (Å²) in [5.41, 5.74) is -6.03. The predicted octanol–water partition coefficient (Wildman–Crippen LogP) is 1.07. The van der Waals surface area contributed by atoms with Crippen LogP contribution in [-0.4, -0.2) is 83.3 Å². The van der Waals surface area contributed by atoms with Crippen molar-refractivity contribution in [3.8, 4) is 0 Å². The highest BCUT2D eigenvalue weighted by molar-refractivity contribution is 6.00. The molecule has 0 aromatic rings. The molecule has 0 heterocycles. The molecule has 0 aliphatic heterocycles. The molecule has 4 aliphatic carbocycles. The van der Waals surface area contributed by atoms with Gasteiger partial charge in [0, 0.05) is 23.9 Å². The molecule has 3 saturated carbocycles. The standard InChI is InChI=1S/C28H46O8/c1-15(16(2)14-29)10-22(32)26(5,34)21-7-9-27(35)18-11-23(33)28(36)13-20(31)19(30)12-25(28,4)17(18)6-8-24(21,27)3/h11,15-17,19-22,29-32,34-36H,6-10,12-14H2,1-5H3/t15?,16-,17?,19-,20+,21-,22+,24+,25+,26+,27+,28+/m0/s1. The van der Waals surface area contributed by atoms with E-state index in [2.05, 4.69) is 0 Å². The summed E-state index contributed by atoms with van der Waals surface area (Å²) in [4.78, 5) is 13.4. The topological polar surface area (TPSA) is 159 Å². The molecular formula is C28H46O8. The molecule has 0 aromatic carbocycles. The van der Waals surface area contributed by atoms with E-state index in [1.807, 2.05) is 20.8 Å². The molecule has 2 unspecified atom stereocenters. The minimum atomic E-state index is -1.82. The zero-order chi connectivity index (χ0) is 27.1. The third-order valence-electron chi connectivity index (χ3n) is 11.5. The van der Waals surface area contributed by atoms with Gasteiger partial charge < -0.3 is 35.7 Å². The van der Waals surface area contributed by atoms with E-state index < -0.39 is 57.6 Å². The molecule has 4 rings (SSSR count). The van der Waals surface area contributed by atoms with Gasteiger partial charge in [0.1, 0.15) is 5.60 Å². The van der Waals surface area contributed by atoms with Crippen LogP contribution in [0.15, 0.2) is 11.6 Å². The fourth-order valence-electron chi connectivity index (χ4n) is 8.53. The largest absolute Gasteiger partial charge is 0.396 e. The molecule has 3 fully saturated rings. The van der Waals surface area contributed by atoms with Crippen LogP contribution in [0, 0.1) is 34.5 Å². The van der Waals surface area contributed by atoms with Crippen molar-refractivity contribution in [2.45, 2.75) is 115 Å². The van der Waals surface area contributed by atoms with Crippen LogP contribution < -0.4 is 0 Å². The summed E-state index contributed by atoms with van der Waals surface area (Å²) in [5.74, 6) is -1.39. The van der Waals surface area contributed by atoms with Gasteiger partial charge >= 0.3 is 0 Å². The number of fused-ring (bicyclic) bond motifs is 5. The number of ketones is 1. The van der Waals surface area contributed by atoms with E-state index in [0.717, 1.165) is 0 Å². The Kier molecular flexibility index (Phi) is 6.90. The number of carbonyl (C=O) groups excluding carboxylic acids is 1. The zero-order valence-corrected chi connectivity index (χ0v) is 22.3. The van der Waals surface area contributed by atoms with Crippen molar-refractivity contribution in [3.05, 3.63) is 11.6 Å². The van der Waals surface area contributed by atoms with Crippen molar-refractivity contribution in [3.63, 3.8) is 0 Å². The Balaban J connectivity index is 1.69. The average Bonchev–Trinajstić information content (AvgIpc) is 3.08. The van der Waals surface area contributed by atoms with Gasteiger partial charge in [-0.2, -0.15) is 0 Å². The lowest BCUT2D eigenvalue weighted by atomic mass is 9.44. The van der Waals surface area contributed by atoms with E-state index in [0.29, 0.717) is 37.7 Å². The van der Waals surface area contributed by atoms with E-state index in [9.17, 15) is 40.5 Å². The summed E-state index contributed by atoms with van der Waals surface area (Å²) < 4.78 is 0. The number of aliphatic hydroxyl groups is 7. The Morgan fingerprint density at radius 2 is 1.61 bits per heavy atom. The molecule has 8 nitrogen and oxygen atoms in total. The van der Waals surface area contributed by atoms with E-state index in [1.54, 1.807) is 13.8 Å². The lowest BCUT2D eigenvalue weighted by Gasteiger charge is -2.62. The molecule has 0 radical (unpaired) electrons. The third-order valence-corrected chi connectivity index (χ3v) is 11.5. The first-order chi connectivity index (χ1) is 16.5. The fourth-order valence-corrected chi connectivity index (χ4v) is 8.53. The van der Waals surface area contributed by atoms with Gasteiger partial charge in [-0.15, -0.1) is 0 Å². The average molecular weight is 511 g/mol. The number of aliphatic hydroxyl groups excluding tert-OH is 4. The van der Waals surface area contributed by atoms with Gasteiger partial charge in [-0.1, -0.05) is 27.7 Å². The second kappa shape index (κ2) is 8.83. The van der Waals surface area contributed by atoms with Crippen molar-refractivity contribution < 1.29 is 40.5 Å². The minimum Gasteiger partial charge on any atom is -0.396 e. The van der Waals surface area contributed by atoms with Gasteiger partial charge in [-0.3, -0.25) is 4.79 Å². The van der Waals surface area contributed by atoms with Crippen LogP contribution in [-0.2, 0) is 4.79 Å². The van der Waals surface area contributed by atoms with Crippen LogP contribution in [0.1, 0.15) is 79.6 Å². The van der Waals surface area contributed by atoms with E-state index in [4.69, 9.17) is 0 Å². The maximum absolute atomic E-state index is 13.4. The summed E-state index contributed by atoms with van der Waals surface area (Å²) in [5, 5.41) is 76.8. The van der Waals surface area contributed by atoms with Crippen molar-refractivity contribution in [2.75, 3.05) is 6.61 Å². The summed E-state index contributed by atoms with van der Waals surface area (Å²) in [7, 11) is 0. The van der Waals surface area contributed by atoms with Crippen molar-refractivity contribution in [1.29, 1.82) is 0 Å². The summed E-state index contributed by atoms with van der Waals surface area (Å²) in [6, 6.07) is 0. The smallest absolute Gasteiger partial charge is 0.187 e. The quantitative estimate of drug-likeness (QED) is 0.280. The molecule has 36 heavy (non-hydrogen) atoms. The SMILES string of the molecule is CC(C[C@@H](O)[C@](C)(O)[C@H]1CC[C@@]2(O)C3=CC(=O)[C@]4(O)C[C@@H](O)[C@@H](O)C[C@]4(C)C3CC[C@]12C)[C@@H](C)CO. The Morgan fingerprint density at radius 3 is 2.22 bits per heavy atom. The van der Waals surface area contributed by atoms with Gasteiger partial charge in [0.25, 0.3) is 0 Å². The number of hydrogen-bond donors (Lipinski definition) is 7. The van der Waals surface area contributed by atoms with E-state index in [1.165, 1.54) is 6.08 Å². The molecule has 7 N–H and O–H groups in total. The summed E-state index contributed by atoms with van der Waals surface area (Å²) in [6.45, 7) is 9.17. The Hall–Kier alpha value is -0.870. The Bertz CT molecular complexity index is 917. The molecule has 0 saturated heterocycles. The van der Waals surface area contributed by atoms with Crippen LogP contribution in [0.2, 0.25) is 0 Å². The third kappa shape index (κ3) is 3.63. The van der Waals surface area contributed by atoms with Gasteiger partial charge in [0.05, 0.1) is 29.5 Å².